The SMILES string of the molecule is c1ccc(-c2nc(-n3c4ccccc4c4c5ccncc5c5c(c6ccccc6n5-c5ccccc5)c43)nc3c4ccccc4c4ccccc4c23)cc1. The van der Waals surface area contributed by atoms with Gasteiger partial charge < -0.3 is 4.57 Å². The fourth-order valence-corrected chi connectivity index (χ4v) is 9.00. The monoisotopic (exact) mass is 687 g/mol. The molecule has 8 aromatic carbocycles. The predicted octanol–water partition coefficient (Wildman–Crippen LogP) is 12.3. The van der Waals surface area contributed by atoms with Crippen molar-refractivity contribution in [3.05, 3.63) is 176 Å². The van der Waals surface area contributed by atoms with Crippen LogP contribution in [-0.2, 0) is 0 Å². The number of pyridine rings is 1. The number of nitrogens with zero attached hydrogens (tertiary/aromatic N) is 5. The van der Waals surface area contributed by atoms with E-state index in [0.29, 0.717) is 5.95 Å². The maximum atomic E-state index is 5.65. The molecule has 0 atom stereocenters. The van der Waals surface area contributed by atoms with Crippen LogP contribution in [0.5, 0.6) is 0 Å². The summed E-state index contributed by atoms with van der Waals surface area (Å²) in [6.07, 6.45) is 3.94. The molecule has 12 rings (SSSR count). The molecule has 5 nitrogen and oxygen atoms in total. The van der Waals surface area contributed by atoms with Gasteiger partial charge in [0.2, 0.25) is 5.95 Å². The fourth-order valence-electron chi connectivity index (χ4n) is 9.00. The van der Waals surface area contributed by atoms with E-state index in [-0.39, 0.29) is 0 Å². The van der Waals surface area contributed by atoms with Gasteiger partial charge in [-0.05, 0) is 51.9 Å². The van der Waals surface area contributed by atoms with Crippen molar-refractivity contribution >= 4 is 86.8 Å². The van der Waals surface area contributed by atoms with Crippen LogP contribution in [0.2, 0.25) is 0 Å². The predicted molar refractivity (Wildman–Crippen MR) is 224 cm³/mol. The van der Waals surface area contributed by atoms with Gasteiger partial charge in [0.15, 0.2) is 0 Å². The van der Waals surface area contributed by atoms with Gasteiger partial charge in [-0.2, -0.15) is 0 Å². The lowest BCUT2D eigenvalue weighted by Gasteiger charge is -2.16. The maximum Gasteiger partial charge on any atom is 0.235 e. The summed E-state index contributed by atoms with van der Waals surface area (Å²) in [6.45, 7) is 0. The van der Waals surface area contributed by atoms with Crippen molar-refractivity contribution < 1.29 is 0 Å². The summed E-state index contributed by atoms with van der Waals surface area (Å²) in [5, 5.41) is 12.6. The standard InChI is InChI=1S/C49H29N5/c1-3-15-30(16-4-1)45-43-34-21-9-7-19-32(34)33-20-8-10-22-36(33)46(43)52-49(51-45)54-41-26-14-11-23-37(41)42-35-27-28-50-29-39(35)47-44(48(42)54)38-24-12-13-25-40(38)53(47)31-17-5-2-6-18-31/h1-29H. The lowest BCUT2D eigenvalue weighted by Crippen LogP contribution is -2.04. The summed E-state index contributed by atoms with van der Waals surface area (Å²) in [5.74, 6) is 0.638. The first-order chi connectivity index (χ1) is 26.8. The molecule has 0 radical (unpaired) electrons. The van der Waals surface area contributed by atoms with E-state index in [1.807, 2.05) is 12.4 Å². The molecular weight excluding hydrogens is 659 g/mol. The van der Waals surface area contributed by atoms with Gasteiger partial charge in [-0.25, -0.2) is 9.97 Å². The van der Waals surface area contributed by atoms with Crippen molar-refractivity contribution in [1.82, 2.24) is 24.1 Å². The molecule has 0 saturated carbocycles. The van der Waals surface area contributed by atoms with Crippen molar-refractivity contribution in [3.8, 4) is 22.9 Å². The van der Waals surface area contributed by atoms with Gasteiger partial charge in [-0.1, -0.05) is 133 Å². The zero-order chi connectivity index (χ0) is 35.3. The summed E-state index contributed by atoms with van der Waals surface area (Å²) >= 11 is 0. The highest BCUT2D eigenvalue weighted by molar-refractivity contribution is 6.36. The first kappa shape index (κ1) is 29.2. The normalized spacial score (nSPS) is 12.1. The Morgan fingerprint density at radius 1 is 0.370 bits per heavy atom. The van der Waals surface area contributed by atoms with Crippen LogP contribution in [0.4, 0.5) is 0 Å². The molecule has 0 bridgehead atoms. The van der Waals surface area contributed by atoms with Crippen molar-refractivity contribution in [2.45, 2.75) is 0 Å². The van der Waals surface area contributed by atoms with Gasteiger partial charge in [0.1, 0.15) is 0 Å². The van der Waals surface area contributed by atoms with Crippen LogP contribution in [0, 0.1) is 0 Å². The molecule has 0 spiro atoms. The molecule has 0 unspecified atom stereocenters. The number of aromatic nitrogens is 5. The molecule has 4 aromatic heterocycles. The molecule has 0 amide bonds. The van der Waals surface area contributed by atoms with E-state index in [0.717, 1.165) is 87.6 Å². The van der Waals surface area contributed by atoms with Crippen molar-refractivity contribution in [1.29, 1.82) is 0 Å². The highest BCUT2D eigenvalue weighted by Gasteiger charge is 2.26. The Bertz CT molecular complexity index is 3490. The summed E-state index contributed by atoms with van der Waals surface area (Å²) in [6, 6.07) is 58.1. The maximum absolute atomic E-state index is 5.65. The largest absolute Gasteiger partial charge is 0.308 e. The van der Waals surface area contributed by atoms with E-state index < -0.39 is 0 Å². The molecule has 12 aromatic rings. The smallest absolute Gasteiger partial charge is 0.235 e. The minimum Gasteiger partial charge on any atom is -0.308 e. The molecule has 4 heterocycles. The zero-order valence-corrected chi connectivity index (χ0v) is 29.0. The molecule has 250 valence electrons. The van der Waals surface area contributed by atoms with Crippen LogP contribution in [-0.4, -0.2) is 24.1 Å². The minimum atomic E-state index is 0.638. The Morgan fingerprint density at radius 3 is 1.67 bits per heavy atom. The van der Waals surface area contributed by atoms with Crippen LogP contribution in [0.25, 0.3) is 110 Å². The van der Waals surface area contributed by atoms with Crippen LogP contribution < -0.4 is 0 Å². The van der Waals surface area contributed by atoms with E-state index in [2.05, 4.69) is 173 Å². The van der Waals surface area contributed by atoms with Gasteiger partial charge in [0.25, 0.3) is 0 Å². The summed E-state index contributed by atoms with van der Waals surface area (Å²) in [7, 11) is 0. The average molecular weight is 688 g/mol. The lowest BCUT2D eigenvalue weighted by atomic mass is 9.94. The summed E-state index contributed by atoms with van der Waals surface area (Å²) < 4.78 is 4.72. The third-order valence-corrected chi connectivity index (χ3v) is 11.2. The third-order valence-electron chi connectivity index (χ3n) is 11.2. The first-order valence-corrected chi connectivity index (χ1v) is 18.3. The van der Waals surface area contributed by atoms with E-state index in [9.17, 15) is 0 Å². The van der Waals surface area contributed by atoms with Crippen molar-refractivity contribution in [2.24, 2.45) is 0 Å². The van der Waals surface area contributed by atoms with Crippen molar-refractivity contribution in [3.63, 3.8) is 0 Å². The van der Waals surface area contributed by atoms with Gasteiger partial charge in [0.05, 0.1) is 33.3 Å². The lowest BCUT2D eigenvalue weighted by molar-refractivity contribution is 1.02. The Labute approximate surface area is 309 Å². The molecule has 5 heteroatoms. The Hall–Kier alpha value is -7.37. The Balaban J connectivity index is 1.36. The number of benzene rings is 8. The highest BCUT2D eigenvalue weighted by Crippen LogP contribution is 2.47. The van der Waals surface area contributed by atoms with Crippen LogP contribution in [0.15, 0.2) is 176 Å². The van der Waals surface area contributed by atoms with Crippen LogP contribution in [0.3, 0.4) is 0 Å². The number of hydrogen-bond acceptors (Lipinski definition) is 3. The van der Waals surface area contributed by atoms with E-state index in [4.69, 9.17) is 15.0 Å². The Morgan fingerprint density at radius 2 is 0.926 bits per heavy atom. The van der Waals surface area contributed by atoms with E-state index >= 15 is 0 Å². The molecule has 0 aliphatic carbocycles. The Kier molecular flexibility index (Phi) is 5.99. The second-order valence-electron chi connectivity index (χ2n) is 14.0. The summed E-state index contributed by atoms with van der Waals surface area (Å²) in [5.41, 5.74) is 8.38. The topological polar surface area (TPSA) is 48.5 Å². The van der Waals surface area contributed by atoms with Gasteiger partial charge in [0, 0.05) is 61.3 Å². The quantitative estimate of drug-likeness (QED) is 0.174. The first-order valence-electron chi connectivity index (χ1n) is 18.3. The zero-order valence-electron chi connectivity index (χ0n) is 29.0. The molecule has 0 aliphatic heterocycles. The van der Waals surface area contributed by atoms with Crippen LogP contribution >= 0.6 is 0 Å². The van der Waals surface area contributed by atoms with Crippen molar-refractivity contribution in [2.75, 3.05) is 0 Å². The molecule has 0 N–H and O–H groups in total. The number of rotatable bonds is 3. The fraction of sp³-hybridized carbons (Fsp3) is 0. The van der Waals surface area contributed by atoms with Gasteiger partial charge in [-0.15, -0.1) is 0 Å². The van der Waals surface area contributed by atoms with E-state index in [1.54, 1.807) is 0 Å². The molecule has 54 heavy (non-hydrogen) atoms. The molecular formula is C49H29N5. The second-order valence-corrected chi connectivity index (χ2v) is 14.0. The number of fused-ring (bicyclic) bond motifs is 16. The number of hydrogen-bond donors (Lipinski definition) is 0. The third kappa shape index (κ3) is 3.90. The van der Waals surface area contributed by atoms with E-state index in [1.165, 1.54) is 16.2 Å². The summed E-state index contributed by atoms with van der Waals surface area (Å²) in [4.78, 5) is 16.0. The molecule has 0 fully saturated rings. The van der Waals surface area contributed by atoms with Gasteiger partial charge >= 0.3 is 0 Å². The number of para-hydroxylation sites is 3. The highest BCUT2D eigenvalue weighted by atomic mass is 15.2. The van der Waals surface area contributed by atoms with Gasteiger partial charge in [-0.3, -0.25) is 9.55 Å². The molecule has 0 saturated heterocycles. The molecule has 0 aliphatic rings. The second kappa shape index (κ2) is 11.1. The average Bonchev–Trinajstić information content (AvgIpc) is 3.78. The minimum absolute atomic E-state index is 0.638. The van der Waals surface area contributed by atoms with Crippen LogP contribution in [0.1, 0.15) is 0 Å².